The molecule has 15 aromatic rings. The molecule has 2 unspecified atom stereocenters. The zero-order chi connectivity index (χ0) is 91.8. The summed E-state index contributed by atoms with van der Waals surface area (Å²) in [6, 6.07) is 29.0. The lowest BCUT2D eigenvalue weighted by Crippen LogP contribution is -2.46. The van der Waals surface area contributed by atoms with E-state index in [1.54, 1.807) is 91.9 Å². The number of halogens is 5. The van der Waals surface area contributed by atoms with Gasteiger partial charge in [0, 0.05) is 177 Å². The molecule has 5 saturated heterocycles. The van der Waals surface area contributed by atoms with Crippen LogP contribution in [-0.2, 0) is 32.7 Å². The van der Waals surface area contributed by atoms with Gasteiger partial charge in [0.05, 0.1) is 77.6 Å². The molecule has 5 aliphatic rings. The van der Waals surface area contributed by atoms with Crippen molar-refractivity contribution >= 4 is 154 Å². The standard InChI is InChI=1S/2C19H23BrN6O2.C18H21BrN6O2.C17H19BrN6O.C17H19BrN6/c1-19(2,27)15-6-4-8-25(15)17-9-16(26-18(23-17)14(20)11-22-26)21-10-13-5-3-7-24(28)12-13;20-16-12-22-26-17(21-11-14-4-3-7-24(28)13-14)10-18(23-19(16)26)25-8-2-1-5-15(25)6-9-27;19-15-10-21-25-16(20-9-13-4-3-6-23(27)11-13)8-17(22-18(15)25)24-7-2-1-5-14(24)12-26;18-14-10-21-24-16(20-9-12-2-1-7-23(25)11-12)8-15(22-17(14)24)13-3-5-19-6-4-13;18-14-11-22-24-16(21-10-12-2-1-5-20-9-12)8-15(23-17(14)24)13-3-6-19-7-4-13/h3,5,7,9,11-12,15,21,27H,4,6,8,10H2,1-2H3;3-4,7,10,12-13,15,21,27H,1-2,5-6,8-9,11H2;3-4,6,8,10-11,14,20,26H,1-2,5,7,9,12H2;1-2,7-8,10-11,13,19-20H,3-6,9H2;1-2,5,8-9,11,13,19,21H,3-4,6-7,10H2/t15-;;;;/m0..../s1. The van der Waals surface area contributed by atoms with E-state index < -0.39 is 5.60 Å². The first kappa shape index (κ1) is 93.9. The van der Waals surface area contributed by atoms with Crippen LogP contribution in [0, 0.1) is 20.8 Å². The zero-order valence-electron chi connectivity index (χ0n) is 72.9. The molecule has 10 N–H and O–H groups in total. The molecular formula is C90H105Br5N30O7. The molecule has 5 fully saturated rings. The van der Waals surface area contributed by atoms with Gasteiger partial charge in [0.2, 0.25) is 0 Å². The van der Waals surface area contributed by atoms with Gasteiger partial charge in [-0.2, -0.15) is 67.0 Å². The zero-order valence-corrected chi connectivity index (χ0v) is 80.9. The van der Waals surface area contributed by atoms with E-state index >= 15 is 0 Å². The van der Waals surface area contributed by atoms with Crippen LogP contribution in [-0.4, -0.2) is 176 Å². The van der Waals surface area contributed by atoms with Gasteiger partial charge in [0.25, 0.3) is 0 Å². The Morgan fingerprint density at radius 2 is 0.735 bits per heavy atom. The van der Waals surface area contributed by atoms with Crippen molar-refractivity contribution in [1.29, 1.82) is 0 Å². The summed E-state index contributed by atoms with van der Waals surface area (Å²) in [5.74, 6) is 7.64. The van der Waals surface area contributed by atoms with Crippen molar-refractivity contribution in [2.75, 3.05) is 100 Å². The van der Waals surface area contributed by atoms with Crippen molar-refractivity contribution < 1.29 is 34.2 Å². The fourth-order valence-electron chi connectivity index (χ4n) is 17.3. The van der Waals surface area contributed by atoms with Crippen LogP contribution in [0.1, 0.15) is 148 Å². The highest BCUT2D eigenvalue weighted by molar-refractivity contribution is 9.11. The van der Waals surface area contributed by atoms with Crippen molar-refractivity contribution in [3.8, 4) is 0 Å². The average Bonchev–Trinajstić information content (AvgIpc) is 1.62. The monoisotopic (exact) mass is 2110 g/mol. The Balaban J connectivity index is 0.000000121. The Bertz CT molecular complexity index is 6390. The topological polar surface area (TPSA) is 426 Å². The molecule has 0 saturated carbocycles. The number of anilines is 8. The summed E-state index contributed by atoms with van der Waals surface area (Å²) in [4.78, 5) is 34.8. The van der Waals surface area contributed by atoms with Crippen LogP contribution < -0.4 is 70.8 Å². The Kier molecular flexibility index (Phi) is 31.3. The van der Waals surface area contributed by atoms with Gasteiger partial charge in [0.1, 0.15) is 46.5 Å². The van der Waals surface area contributed by atoms with E-state index in [4.69, 9.17) is 24.9 Å². The van der Waals surface area contributed by atoms with E-state index in [-0.39, 0.29) is 31.3 Å². The second kappa shape index (κ2) is 44.0. The lowest BCUT2D eigenvalue weighted by Gasteiger charge is -2.36. The summed E-state index contributed by atoms with van der Waals surface area (Å²) in [7, 11) is 0. The number of aliphatic hydroxyl groups is 3. The molecule has 0 aliphatic carbocycles. The van der Waals surface area contributed by atoms with Crippen molar-refractivity contribution in [3.05, 3.63) is 266 Å². The summed E-state index contributed by atoms with van der Waals surface area (Å²) in [5, 5.41) is 121. The second-order valence-corrected chi connectivity index (χ2v) is 37.9. The number of nitrogens with zero attached hydrogens (tertiary/aromatic N) is 23. The highest BCUT2D eigenvalue weighted by atomic mass is 79.9. The number of aliphatic hydroxyl groups excluding tert-OH is 2. The van der Waals surface area contributed by atoms with Gasteiger partial charge in [-0.3, -0.25) is 4.98 Å². The average molecular weight is 2120 g/mol. The molecule has 0 spiro atoms. The van der Waals surface area contributed by atoms with Gasteiger partial charge >= 0.3 is 0 Å². The van der Waals surface area contributed by atoms with Gasteiger partial charge in [-0.25, -0.2) is 24.9 Å². The molecule has 37 nitrogen and oxygen atoms in total. The number of hydrogen-bond donors (Lipinski definition) is 10. The Morgan fingerprint density at radius 3 is 1.08 bits per heavy atom. The van der Waals surface area contributed by atoms with Gasteiger partial charge in [-0.15, -0.1) is 0 Å². The first-order valence-corrected chi connectivity index (χ1v) is 48.3. The fraction of sp³-hybridized carbons (Fsp3) is 0.389. The highest BCUT2D eigenvalue weighted by Gasteiger charge is 2.38. The Hall–Kier alpha value is -11.3. The molecule has 42 heteroatoms. The summed E-state index contributed by atoms with van der Waals surface area (Å²) in [6.07, 6.45) is 38.0. The van der Waals surface area contributed by atoms with Crippen molar-refractivity contribution in [3.63, 3.8) is 0 Å². The third-order valence-corrected chi connectivity index (χ3v) is 26.8. The normalized spacial score (nSPS) is 16.7. The number of hydrogen-bond acceptors (Lipinski definition) is 28. The summed E-state index contributed by atoms with van der Waals surface area (Å²) in [5.41, 5.74) is 9.90. The van der Waals surface area contributed by atoms with Crippen molar-refractivity contribution in [1.82, 2.24) is 88.6 Å². The van der Waals surface area contributed by atoms with Gasteiger partial charge in [0.15, 0.2) is 77.8 Å². The van der Waals surface area contributed by atoms with E-state index in [0.29, 0.717) is 55.9 Å². The summed E-state index contributed by atoms with van der Waals surface area (Å²) in [6.45, 7) is 13.5. The molecule has 20 heterocycles. The maximum Gasteiger partial charge on any atom is 0.185 e. The van der Waals surface area contributed by atoms with E-state index in [2.05, 4.69) is 180 Å². The SMILES string of the molecule is Brc1cnn2c(NCc3cccnc3)cc(C3CCNCC3)nc12.CC(C)(O)[C@@H]1CCCN1c1cc(NCc2ccc[n+]([O-])c2)n2ncc(Br)c2n1.[O-][n+]1cccc(CNc2cc(C3CCNCC3)nc3c(Br)cnn23)c1.[O-][n+]1cccc(CNc2cc(N3CCCCC3CCO)nc3c(Br)cnn23)c1.[O-][n+]1cccc(CNc2cc(N3CCCCC3CO)nc3c(Br)cnn23)c1. The second-order valence-electron chi connectivity index (χ2n) is 33.6. The molecule has 0 aromatic carbocycles. The first-order chi connectivity index (χ1) is 64.1. The predicted octanol–water partition coefficient (Wildman–Crippen LogP) is 12.2. The van der Waals surface area contributed by atoms with Crippen LogP contribution >= 0.6 is 79.6 Å². The predicted molar refractivity (Wildman–Crippen MR) is 521 cm³/mol. The number of aromatic nitrogens is 20. The largest absolute Gasteiger partial charge is 0.619 e. The first-order valence-electron chi connectivity index (χ1n) is 44.3. The lowest BCUT2D eigenvalue weighted by atomic mass is 9.94. The quantitative estimate of drug-likeness (QED) is 0.0198. The van der Waals surface area contributed by atoms with Crippen molar-refractivity contribution in [2.24, 2.45) is 0 Å². The van der Waals surface area contributed by atoms with E-state index in [0.717, 1.165) is 267 Å². The number of nitrogens with one attached hydrogen (secondary N) is 7. The van der Waals surface area contributed by atoms with Gasteiger partial charge in [-0.1, -0.05) is 6.07 Å². The molecule has 5 aliphatic heterocycles. The molecule has 20 rings (SSSR count). The molecule has 3 atom stereocenters. The van der Waals surface area contributed by atoms with Crippen LogP contribution in [0.3, 0.4) is 0 Å². The minimum absolute atomic E-state index is 0.00513. The van der Waals surface area contributed by atoms with Crippen LogP contribution in [0.2, 0.25) is 0 Å². The smallest absolute Gasteiger partial charge is 0.185 e. The fourth-order valence-corrected chi connectivity index (χ4v) is 19.1. The summed E-state index contributed by atoms with van der Waals surface area (Å²) >= 11 is 17.7. The maximum atomic E-state index is 11.5. The summed E-state index contributed by atoms with van der Waals surface area (Å²) < 4.78 is 16.3. The number of fused-ring (bicyclic) bond motifs is 5. The molecule has 132 heavy (non-hydrogen) atoms. The number of piperidine rings is 4. The van der Waals surface area contributed by atoms with Crippen LogP contribution in [0.4, 0.5) is 46.5 Å². The minimum atomic E-state index is -0.818. The van der Waals surface area contributed by atoms with E-state index in [1.165, 1.54) is 43.6 Å². The third kappa shape index (κ3) is 23.3. The number of rotatable bonds is 24. The van der Waals surface area contributed by atoms with Crippen molar-refractivity contribution in [2.45, 2.75) is 166 Å². The molecule has 0 bridgehead atoms. The molecule has 692 valence electrons. The van der Waals surface area contributed by atoms with Gasteiger partial charge in [-0.05, 0) is 239 Å². The van der Waals surface area contributed by atoms with Gasteiger partial charge < -0.3 is 88.1 Å². The molecule has 0 radical (unpaired) electrons. The number of pyridine rings is 5. The molecular weight excluding hydrogens is 2010 g/mol. The maximum absolute atomic E-state index is 11.5. The van der Waals surface area contributed by atoms with Crippen LogP contribution in [0.15, 0.2) is 206 Å². The highest BCUT2D eigenvalue weighted by Crippen LogP contribution is 2.38. The Labute approximate surface area is 803 Å². The third-order valence-electron chi connectivity index (χ3n) is 24.0. The molecule has 0 amide bonds. The van der Waals surface area contributed by atoms with E-state index in [9.17, 15) is 36.1 Å². The van der Waals surface area contributed by atoms with E-state index in [1.807, 2.05) is 73.1 Å². The Morgan fingerprint density at radius 1 is 0.402 bits per heavy atom. The van der Waals surface area contributed by atoms with Crippen LogP contribution in [0.5, 0.6) is 0 Å². The lowest BCUT2D eigenvalue weighted by molar-refractivity contribution is -0.606. The van der Waals surface area contributed by atoms with Crippen LogP contribution in [0.25, 0.3) is 28.2 Å². The molecule has 15 aromatic heterocycles. The minimum Gasteiger partial charge on any atom is -0.619 e.